The molecule has 0 radical (unpaired) electrons. The minimum atomic E-state index is -0.745. The van der Waals surface area contributed by atoms with Crippen molar-refractivity contribution in [1.29, 1.82) is 0 Å². The number of hydrogen-bond donors (Lipinski definition) is 1. The van der Waals surface area contributed by atoms with Gasteiger partial charge in [0.15, 0.2) is 11.5 Å². The predicted octanol–water partition coefficient (Wildman–Crippen LogP) is 4.02. The van der Waals surface area contributed by atoms with Crippen LogP contribution in [0.25, 0.3) is 5.76 Å². The number of ketones is 1. The van der Waals surface area contributed by atoms with Gasteiger partial charge < -0.3 is 24.2 Å². The Morgan fingerprint density at radius 3 is 2.46 bits per heavy atom. The molecular formula is C29H36N2O6. The van der Waals surface area contributed by atoms with E-state index in [0.717, 1.165) is 25.9 Å². The van der Waals surface area contributed by atoms with Gasteiger partial charge in [-0.05, 0) is 31.0 Å². The largest absolute Gasteiger partial charge is 0.507 e. The Bertz CT molecular complexity index is 1110. The van der Waals surface area contributed by atoms with Crippen LogP contribution >= 0.6 is 0 Å². The van der Waals surface area contributed by atoms with Crippen LogP contribution in [0.1, 0.15) is 43.9 Å². The molecule has 2 aromatic carbocycles. The maximum Gasteiger partial charge on any atom is 0.295 e. The second-order valence-corrected chi connectivity index (χ2v) is 9.15. The smallest absolute Gasteiger partial charge is 0.295 e. The maximum atomic E-state index is 13.3. The lowest BCUT2D eigenvalue weighted by molar-refractivity contribution is -0.140. The molecule has 2 saturated heterocycles. The normalized spacial score (nSPS) is 19.8. The van der Waals surface area contributed by atoms with Crippen molar-refractivity contribution >= 4 is 17.4 Å². The highest BCUT2D eigenvalue weighted by Gasteiger charge is 2.46. The van der Waals surface area contributed by atoms with Gasteiger partial charge in [-0.3, -0.25) is 14.5 Å². The van der Waals surface area contributed by atoms with Crippen LogP contribution in [0.5, 0.6) is 11.5 Å². The van der Waals surface area contributed by atoms with Crippen molar-refractivity contribution in [3.05, 3.63) is 65.2 Å². The van der Waals surface area contributed by atoms with E-state index >= 15 is 0 Å². The maximum absolute atomic E-state index is 13.3. The number of aliphatic hydroxyl groups is 1. The SMILES string of the molecule is CCCCOc1ccc(C2C(=C(O)c3ccccc3)C(=O)C(=O)N2CCN2CCOCC2)cc1OCC. The van der Waals surface area contributed by atoms with Crippen molar-refractivity contribution in [3.8, 4) is 11.5 Å². The van der Waals surface area contributed by atoms with Crippen molar-refractivity contribution in [2.45, 2.75) is 32.7 Å². The summed E-state index contributed by atoms with van der Waals surface area (Å²) in [4.78, 5) is 30.4. The van der Waals surface area contributed by atoms with Crippen LogP contribution in [-0.4, -0.2) is 79.2 Å². The summed E-state index contributed by atoms with van der Waals surface area (Å²) in [5, 5.41) is 11.2. The topological polar surface area (TPSA) is 88.5 Å². The fraction of sp³-hybridized carbons (Fsp3) is 0.448. The van der Waals surface area contributed by atoms with Gasteiger partial charge >= 0.3 is 0 Å². The third-order valence-corrected chi connectivity index (χ3v) is 6.69. The van der Waals surface area contributed by atoms with Crippen LogP contribution < -0.4 is 9.47 Å². The van der Waals surface area contributed by atoms with Gasteiger partial charge in [0.2, 0.25) is 0 Å². The minimum absolute atomic E-state index is 0.0836. The molecule has 0 aromatic heterocycles. The van der Waals surface area contributed by atoms with Crippen molar-refractivity contribution in [3.63, 3.8) is 0 Å². The Morgan fingerprint density at radius 1 is 1.00 bits per heavy atom. The predicted molar refractivity (Wildman–Crippen MR) is 141 cm³/mol. The molecule has 198 valence electrons. The van der Waals surface area contributed by atoms with Gasteiger partial charge in [0.05, 0.1) is 38.0 Å². The Balaban J connectivity index is 1.74. The molecule has 4 rings (SSSR count). The average Bonchev–Trinajstić information content (AvgIpc) is 3.18. The van der Waals surface area contributed by atoms with Gasteiger partial charge in [0.1, 0.15) is 5.76 Å². The first-order valence-corrected chi connectivity index (χ1v) is 13.1. The van der Waals surface area contributed by atoms with Gasteiger partial charge in [-0.2, -0.15) is 0 Å². The molecule has 8 heteroatoms. The van der Waals surface area contributed by atoms with Crippen LogP contribution in [0.3, 0.4) is 0 Å². The molecule has 1 amide bonds. The standard InChI is InChI=1S/C29H36N2O6/c1-3-5-17-37-23-12-11-22(20-24(23)36-4-2)26-25(27(32)21-9-7-6-8-10-21)28(33)29(34)31(26)14-13-30-15-18-35-19-16-30/h6-12,20,26,32H,3-5,13-19H2,1-2H3. The van der Waals surface area contributed by atoms with Crippen LogP contribution in [0.2, 0.25) is 0 Å². The molecule has 0 bridgehead atoms. The van der Waals surface area contributed by atoms with Crippen LogP contribution in [0.4, 0.5) is 0 Å². The second-order valence-electron chi connectivity index (χ2n) is 9.15. The molecule has 2 aliphatic rings. The van der Waals surface area contributed by atoms with Crippen LogP contribution in [0.15, 0.2) is 54.1 Å². The molecule has 2 fully saturated rings. The molecule has 8 nitrogen and oxygen atoms in total. The summed E-state index contributed by atoms with van der Waals surface area (Å²) in [5.74, 6) is -0.312. The van der Waals surface area contributed by atoms with Crippen LogP contribution in [-0.2, 0) is 14.3 Å². The Morgan fingerprint density at radius 2 is 1.76 bits per heavy atom. The zero-order valence-corrected chi connectivity index (χ0v) is 21.7. The Kier molecular flexibility index (Phi) is 9.19. The fourth-order valence-corrected chi connectivity index (χ4v) is 4.69. The number of hydrogen-bond acceptors (Lipinski definition) is 7. The number of morpholine rings is 1. The van der Waals surface area contributed by atoms with Crippen molar-refractivity contribution in [2.24, 2.45) is 0 Å². The molecular weight excluding hydrogens is 472 g/mol. The summed E-state index contributed by atoms with van der Waals surface area (Å²) in [6.45, 7) is 8.80. The van der Waals surface area contributed by atoms with Gasteiger partial charge in [0.25, 0.3) is 11.7 Å². The average molecular weight is 509 g/mol. The highest BCUT2D eigenvalue weighted by molar-refractivity contribution is 6.46. The van der Waals surface area contributed by atoms with E-state index < -0.39 is 17.7 Å². The number of likely N-dealkylation sites (tertiary alicyclic amines) is 1. The monoisotopic (exact) mass is 508 g/mol. The van der Waals surface area contributed by atoms with Gasteiger partial charge in [0, 0.05) is 31.7 Å². The lowest BCUT2D eigenvalue weighted by Gasteiger charge is -2.31. The minimum Gasteiger partial charge on any atom is -0.507 e. The van der Waals surface area contributed by atoms with E-state index in [4.69, 9.17) is 14.2 Å². The molecule has 2 aliphatic heterocycles. The summed E-state index contributed by atoms with van der Waals surface area (Å²) in [5.41, 5.74) is 1.26. The van der Waals surface area contributed by atoms with E-state index in [9.17, 15) is 14.7 Å². The number of carbonyl (C=O) groups excluding carboxylic acids is 2. The zero-order valence-electron chi connectivity index (χ0n) is 21.7. The summed E-state index contributed by atoms with van der Waals surface area (Å²) in [6, 6.07) is 13.6. The summed E-state index contributed by atoms with van der Waals surface area (Å²) < 4.78 is 17.3. The van der Waals surface area contributed by atoms with E-state index in [2.05, 4.69) is 11.8 Å². The molecule has 1 atom stereocenters. The number of benzene rings is 2. The lowest BCUT2D eigenvalue weighted by atomic mass is 9.95. The fourth-order valence-electron chi connectivity index (χ4n) is 4.69. The molecule has 2 heterocycles. The van der Waals surface area contributed by atoms with Crippen LogP contribution in [0, 0.1) is 0 Å². The third kappa shape index (κ3) is 6.14. The van der Waals surface area contributed by atoms with Crippen molar-refractivity contribution < 1.29 is 28.9 Å². The number of aliphatic hydroxyl groups excluding tert-OH is 1. The van der Waals surface area contributed by atoms with Gasteiger partial charge in [-0.1, -0.05) is 49.7 Å². The number of Topliss-reactive ketones (excluding diaryl/α,β-unsaturated/α-hetero) is 1. The van der Waals surface area contributed by atoms with Crippen molar-refractivity contribution in [1.82, 2.24) is 9.80 Å². The van der Waals surface area contributed by atoms with Crippen molar-refractivity contribution in [2.75, 3.05) is 52.6 Å². The Hall–Kier alpha value is -3.36. The number of carbonyl (C=O) groups is 2. The van der Waals surface area contributed by atoms with Gasteiger partial charge in [-0.25, -0.2) is 0 Å². The molecule has 1 N–H and O–H groups in total. The molecule has 0 spiro atoms. The zero-order chi connectivity index (χ0) is 26.2. The molecule has 0 saturated carbocycles. The third-order valence-electron chi connectivity index (χ3n) is 6.69. The number of ether oxygens (including phenoxy) is 3. The summed E-state index contributed by atoms with van der Waals surface area (Å²) in [6.07, 6.45) is 1.94. The highest BCUT2D eigenvalue weighted by atomic mass is 16.5. The van der Waals surface area contributed by atoms with E-state index in [0.29, 0.717) is 62.1 Å². The van der Waals surface area contributed by atoms with E-state index in [1.54, 1.807) is 29.2 Å². The summed E-state index contributed by atoms with van der Waals surface area (Å²) in [7, 11) is 0. The molecule has 2 aromatic rings. The van der Waals surface area contributed by atoms with E-state index in [-0.39, 0.29) is 11.3 Å². The number of nitrogens with zero attached hydrogens (tertiary/aromatic N) is 2. The lowest BCUT2D eigenvalue weighted by Crippen LogP contribution is -2.42. The Labute approximate surface area is 218 Å². The first kappa shape index (κ1) is 26.7. The number of unbranched alkanes of at least 4 members (excludes halogenated alkanes) is 1. The second kappa shape index (κ2) is 12.7. The first-order valence-electron chi connectivity index (χ1n) is 13.1. The number of rotatable bonds is 11. The summed E-state index contributed by atoms with van der Waals surface area (Å²) >= 11 is 0. The van der Waals surface area contributed by atoms with E-state index in [1.165, 1.54) is 0 Å². The molecule has 37 heavy (non-hydrogen) atoms. The molecule has 0 aliphatic carbocycles. The quantitative estimate of drug-likeness (QED) is 0.212. The molecule has 1 unspecified atom stereocenters. The first-order chi connectivity index (χ1) is 18.0. The van der Waals surface area contributed by atoms with Gasteiger partial charge in [-0.15, -0.1) is 0 Å². The van der Waals surface area contributed by atoms with E-state index in [1.807, 2.05) is 31.2 Å². The highest BCUT2D eigenvalue weighted by Crippen LogP contribution is 2.42. The number of amides is 1.